The van der Waals surface area contributed by atoms with Gasteiger partial charge in [0.1, 0.15) is 0 Å². The van der Waals surface area contributed by atoms with Gasteiger partial charge in [0.25, 0.3) is 0 Å². The lowest BCUT2D eigenvalue weighted by Crippen LogP contribution is -2.42. The first kappa shape index (κ1) is 17.4. The SMILES string of the molecule is COC(=O)C1(C(=O)OC)Cc2c(C)nc(C(C)(C)C)c(C)c2C1. The van der Waals surface area contributed by atoms with Crippen molar-refractivity contribution in [1.29, 1.82) is 0 Å². The number of nitrogens with zero attached hydrogens (tertiary/aromatic N) is 1. The van der Waals surface area contributed by atoms with Crippen molar-refractivity contribution in [2.24, 2.45) is 5.41 Å². The lowest BCUT2D eigenvalue weighted by Gasteiger charge is -2.23. The molecule has 0 N–H and O–H groups in total. The van der Waals surface area contributed by atoms with Crippen molar-refractivity contribution in [3.05, 3.63) is 28.1 Å². The van der Waals surface area contributed by atoms with Crippen molar-refractivity contribution in [3.63, 3.8) is 0 Å². The fraction of sp³-hybridized carbons (Fsp3) is 0.611. The van der Waals surface area contributed by atoms with E-state index >= 15 is 0 Å². The summed E-state index contributed by atoms with van der Waals surface area (Å²) in [4.78, 5) is 29.5. The van der Waals surface area contributed by atoms with Gasteiger partial charge in [0.15, 0.2) is 5.41 Å². The van der Waals surface area contributed by atoms with E-state index in [1.807, 2.05) is 13.8 Å². The summed E-state index contributed by atoms with van der Waals surface area (Å²) < 4.78 is 9.82. The summed E-state index contributed by atoms with van der Waals surface area (Å²) in [7, 11) is 2.60. The van der Waals surface area contributed by atoms with E-state index in [1.165, 1.54) is 14.2 Å². The van der Waals surface area contributed by atoms with E-state index in [9.17, 15) is 9.59 Å². The molecule has 0 bridgehead atoms. The zero-order chi connectivity index (χ0) is 17.6. The first-order valence-corrected chi connectivity index (χ1v) is 7.74. The Morgan fingerprint density at radius 1 is 1.00 bits per heavy atom. The summed E-state index contributed by atoms with van der Waals surface area (Å²) in [5.74, 6) is -1.09. The molecule has 0 saturated heterocycles. The van der Waals surface area contributed by atoms with Crippen LogP contribution in [0.5, 0.6) is 0 Å². The Balaban J connectivity index is 2.64. The highest BCUT2D eigenvalue weighted by atomic mass is 16.5. The summed E-state index contributed by atoms with van der Waals surface area (Å²) in [6, 6.07) is 0. The second-order valence-corrected chi connectivity index (χ2v) is 7.30. The molecule has 5 nitrogen and oxygen atoms in total. The van der Waals surface area contributed by atoms with Crippen LogP contribution in [0.2, 0.25) is 0 Å². The maximum absolute atomic E-state index is 12.4. The molecule has 0 spiro atoms. The van der Waals surface area contributed by atoms with E-state index in [2.05, 4.69) is 20.8 Å². The van der Waals surface area contributed by atoms with Crippen LogP contribution in [0.3, 0.4) is 0 Å². The molecule has 1 heterocycles. The molecule has 0 amide bonds. The van der Waals surface area contributed by atoms with Gasteiger partial charge in [-0.2, -0.15) is 0 Å². The van der Waals surface area contributed by atoms with Crippen LogP contribution in [-0.4, -0.2) is 31.1 Å². The maximum Gasteiger partial charge on any atom is 0.323 e. The van der Waals surface area contributed by atoms with Crippen LogP contribution in [0.25, 0.3) is 0 Å². The zero-order valence-electron chi connectivity index (χ0n) is 15.0. The Morgan fingerprint density at radius 3 is 1.91 bits per heavy atom. The van der Waals surface area contributed by atoms with Gasteiger partial charge in [-0.15, -0.1) is 0 Å². The summed E-state index contributed by atoms with van der Waals surface area (Å²) in [6.45, 7) is 10.3. The fourth-order valence-corrected chi connectivity index (χ4v) is 3.54. The normalized spacial score (nSPS) is 16.0. The Hall–Kier alpha value is -1.91. The van der Waals surface area contributed by atoms with Crippen LogP contribution in [0, 0.1) is 19.3 Å². The van der Waals surface area contributed by atoms with E-state index in [4.69, 9.17) is 14.5 Å². The minimum Gasteiger partial charge on any atom is -0.468 e. The van der Waals surface area contributed by atoms with Gasteiger partial charge in [0.2, 0.25) is 0 Å². The van der Waals surface area contributed by atoms with E-state index in [0.717, 1.165) is 28.1 Å². The molecule has 0 saturated carbocycles. The number of carbonyl (C=O) groups is 2. The molecule has 0 unspecified atom stereocenters. The molecule has 5 heteroatoms. The largest absolute Gasteiger partial charge is 0.468 e. The number of hydrogen-bond donors (Lipinski definition) is 0. The van der Waals surface area contributed by atoms with Crippen LogP contribution >= 0.6 is 0 Å². The van der Waals surface area contributed by atoms with Crippen molar-refractivity contribution < 1.29 is 19.1 Å². The Labute approximate surface area is 137 Å². The molecule has 126 valence electrons. The maximum atomic E-state index is 12.4. The monoisotopic (exact) mass is 319 g/mol. The Kier molecular flexibility index (Phi) is 4.26. The van der Waals surface area contributed by atoms with Crippen molar-refractivity contribution in [2.75, 3.05) is 14.2 Å². The van der Waals surface area contributed by atoms with Gasteiger partial charge in [0, 0.05) is 29.6 Å². The molecular weight excluding hydrogens is 294 g/mol. The average molecular weight is 319 g/mol. The van der Waals surface area contributed by atoms with Crippen LogP contribution in [-0.2, 0) is 37.3 Å². The number of hydrogen-bond acceptors (Lipinski definition) is 5. The lowest BCUT2D eigenvalue weighted by molar-refractivity contribution is -0.168. The molecule has 1 aromatic rings. The predicted octanol–water partition coefficient (Wildman–Crippen LogP) is 2.43. The summed E-state index contributed by atoms with van der Waals surface area (Å²) in [5, 5.41) is 0. The van der Waals surface area contributed by atoms with E-state index in [1.54, 1.807) is 0 Å². The predicted molar refractivity (Wildman–Crippen MR) is 86.3 cm³/mol. The molecule has 0 aliphatic heterocycles. The first-order valence-electron chi connectivity index (χ1n) is 7.74. The number of carbonyl (C=O) groups excluding carboxylic acids is 2. The minimum atomic E-state index is -1.29. The zero-order valence-corrected chi connectivity index (χ0v) is 15.0. The highest BCUT2D eigenvalue weighted by Gasteiger charge is 2.53. The summed E-state index contributed by atoms with van der Waals surface area (Å²) >= 11 is 0. The van der Waals surface area contributed by atoms with Gasteiger partial charge in [-0.1, -0.05) is 20.8 Å². The van der Waals surface area contributed by atoms with Gasteiger partial charge in [-0.25, -0.2) is 0 Å². The van der Waals surface area contributed by atoms with E-state index in [0.29, 0.717) is 6.42 Å². The van der Waals surface area contributed by atoms with Gasteiger partial charge >= 0.3 is 11.9 Å². The Bertz CT molecular complexity index is 655. The molecule has 0 radical (unpaired) electrons. The molecule has 23 heavy (non-hydrogen) atoms. The quantitative estimate of drug-likeness (QED) is 0.619. The topological polar surface area (TPSA) is 65.5 Å². The van der Waals surface area contributed by atoms with Crippen LogP contribution in [0.1, 0.15) is 48.8 Å². The highest BCUT2D eigenvalue weighted by molar-refractivity contribution is 6.01. The van der Waals surface area contributed by atoms with Crippen molar-refractivity contribution in [1.82, 2.24) is 4.98 Å². The average Bonchev–Trinajstić information content (AvgIpc) is 2.91. The molecule has 0 aromatic carbocycles. The van der Waals surface area contributed by atoms with Gasteiger partial charge in [0.05, 0.1) is 14.2 Å². The second-order valence-electron chi connectivity index (χ2n) is 7.30. The number of esters is 2. The van der Waals surface area contributed by atoms with Gasteiger partial charge in [-0.05, 0) is 30.5 Å². The number of fused-ring (bicyclic) bond motifs is 1. The smallest absolute Gasteiger partial charge is 0.323 e. The van der Waals surface area contributed by atoms with Crippen LogP contribution < -0.4 is 0 Å². The van der Waals surface area contributed by atoms with E-state index < -0.39 is 17.4 Å². The van der Waals surface area contributed by atoms with Gasteiger partial charge in [-0.3, -0.25) is 14.6 Å². The van der Waals surface area contributed by atoms with Gasteiger partial charge < -0.3 is 9.47 Å². The number of aryl methyl sites for hydroxylation is 1. The lowest BCUT2D eigenvalue weighted by atomic mass is 9.83. The summed E-state index contributed by atoms with van der Waals surface area (Å²) in [5.41, 5.74) is 3.51. The standard InChI is InChI=1S/C18H25NO4/c1-10-12-8-18(15(20)22-6,16(21)23-7)9-13(12)11(2)19-14(10)17(3,4)5/h8-9H2,1-7H3. The molecule has 1 aliphatic carbocycles. The van der Waals surface area contributed by atoms with Crippen molar-refractivity contribution in [3.8, 4) is 0 Å². The minimum absolute atomic E-state index is 0.106. The van der Waals surface area contributed by atoms with Crippen molar-refractivity contribution in [2.45, 2.75) is 52.9 Å². The number of pyridine rings is 1. The number of methoxy groups -OCH3 is 2. The highest BCUT2D eigenvalue weighted by Crippen LogP contribution is 2.43. The van der Waals surface area contributed by atoms with Crippen molar-refractivity contribution >= 4 is 11.9 Å². The molecular formula is C18H25NO4. The third-order valence-electron chi connectivity index (χ3n) is 4.71. The summed E-state index contributed by atoms with van der Waals surface area (Å²) in [6.07, 6.45) is 0.589. The second kappa shape index (κ2) is 5.62. The molecule has 2 rings (SSSR count). The van der Waals surface area contributed by atoms with Crippen LogP contribution in [0.4, 0.5) is 0 Å². The third kappa shape index (κ3) is 2.62. The third-order valence-corrected chi connectivity index (χ3v) is 4.71. The number of aromatic nitrogens is 1. The first-order chi connectivity index (χ1) is 10.6. The number of rotatable bonds is 2. The molecule has 1 aliphatic rings. The molecule has 0 fully saturated rings. The molecule has 1 aromatic heterocycles. The fourth-order valence-electron chi connectivity index (χ4n) is 3.54. The van der Waals surface area contributed by atoms with Crippen LogP contribution in [0.15, 0.2) is 0 Å². The Morgan fingerprint density at radius 2 is 1.48 bits per heavy atom. The molecule has 0 atom stereocenters. The van der Waals surface area contributed by atoms with E-state index in [-0.39, 0.29) is 11.8 Å². The number of ether oxygens (including phenoxy) is 2.